The van der Waals surface area contributed by atoms with Crippen molar-refractivity contribution in [3.05, 3.63) is 0 Å². The van der Waals surface area contributed by atoms with Crippen LogP contribution in [-0.4, -0.2) is 36.1 Å². The first kappa shape index (κ1) is 16.9. The molecule has 112 valence electrons. The van der Waals surface area contributed by atoms with E-state index in [2.05, 4.69) is 20.2 Å². The summed E-state index contributed by atoms with van der Waals surface area (Å²) in [7, 11) is -3.81. The molecule has 0 aliphatic carbocycles. The topological polar surface area (TPSA) is 127 Å². The summed E-state index contributed by atoms with van der Waals surface area (Å²) in [5, 5.41) is 9.57. The molecule has 0 unspecified atom stereocenters. The van der Waals surface area contributed by atoms with Crippen LogP contribution < -0.4 is 15.8 Å². The van der Waals surface area contributed by atoms with Crippen molar-refractivity contribution in [3.63, 3.8) is 0 Å². The summed E-state index contributed by atoms with van der Waals surface area (Å²) in [5.74, 6) is -0.354. The molecule has 0 bridgehead atoms. The molecule has 8 nitrogen and oxygen atoms in total. The van der Waals surface area contributed by atoms with Gasteiger partial charge in [0.25, 0.3) is 10.0 Å². The molecule has 0 spiro atoms. The van der Waals surface area contributed by atoms with E-state index in [1.807, 2.05) is 0 Å². The largest absolute Gasteiger partial charge is 0.393 e. The number of anilines is 1. The molecule has 0 radical (unpaired) electrons. The highest BCUT2D eigenvalue weighted by Gasteiger charge is 2.27. The molecule has 4 N–H and O–H groups in total. The molecule has 0 saturated heterocycles. The van der Waals surface area contributed by atoms with Crippen LogP contribution in [0.25, 0.3) is 0 Å². The van der Waals surface area contributed by atoms with Gasteiger partial charge in [0.15, 0.2) is 0 Å². The molecule has 20 heavy (non-hydrogen) atoms. The van der Waals surface area contributed by atoms with Crippen LogP contribution in [0.5, 0.6) is 0 Å². The van der Waals surface area contributed by atoms with Gasteiger partial charge in [-0.25, -0.2) is 13.1 Å². The van der Waals surface area contributed by atoms with Gasteiger partial charge in [-0.3, -0.25) is 4.79 Å². The van der Waals surface area contributed by atoms with E-state index in [-0.39, 0.29) is 26.9 Å². The van der Waals surface area contributed by atoms with Crippen molar-refractivity contribution in [2.24, 2.45) is 11.1 Å². The Morgan fingerprint density at radius 2 is 2.05 bits per heavy atom. The van der Waals surface area contributed by atoms with Gasteiger partial charge in [-0.2, -0.15) is 0 Å². The summed E-state index contributed by atoms with van der Waals surface area (Å²) in [4.78, 5) is 11.0. The highest BCUT2D eigenvalue weighted by molar-refractivity contribution is 7.91. The Morgan fingerprint density at radius 1 is 1.45 bits per heavy atom. The number of rotatable bonds is 6. The highest BCUT2D eigenvalue weighted by Crippen LogP contribution is 2.21. The number of nitrogens with zero attached hydrogens (tertiary/aromatic N) is 2. The number of amides is 1. The summed E-state index contributed by atoms with van der Waals surface area (Å²) in [6, 6.07) is 0. The number of hydrogen-bond acceptors (Lipinski definition) is 7. The second-order valence-electron chi connectivity index (χ2n) is 4.63. The second-order valence-corrected chi connectivity index (χ2v) is 7.99. The minimum atomic E-state index is -3.81. The Morgan fingerprint density at radius 3 is 2.55 bits per heavy atom. The lowest BCUT2D eigenvalue weighted by Gasteiger charge is -2.22. The standard InChI is InChI=1S/C9H15N5O3S3/c1-5(15)12-7-13-14-8(19-7)20(16,17)11-4-9(2,3)6(10)18/h11H,4H2,1-3H3,(H2,10,18)(H,12,13,15). The Labute approximate surface area is 126 Å². The van der Waals surface area contributed by atoms with E-state index >= 15 is 0 Å². The third kappa shape index (κ3) is 4.44. The lowest BCUT2D eigenvalue weighted by molar-refractivity contribution is -0.114. The number of sulfonamides is 1. The zero-order valence-corrected chi connectivity index (χ0v) is 13.6. The summed E-state index contributed by atoms with van der Waals surface area (Å²) in [5.41, 5.74) is 4.86. The average molecular weight is 337 g/mol. The molecule has 1 aromatic heterocycles. The fraction of sp³-hybridized carbons (Fsp3) is 0.556. The van der Waals surface area contributed by atoms with E-state index in [4.69, 9.17) is 18.0 Å². The van der Waals surface area contributed by atoms with Crippen LogP contribution in [0, 0.1) is 5.41 Å². The first-order valence-corrected chi connectivity index (χ1v) is 8.16. The minimum Gasteiger partial charge on any atom is -0.393 e. The molecule has 0 fully saturated rings. The third-order valence-electron chi connectivity index (χ3n) is 2.29. The van der Waals surface area contributed by atoms with Gasteiger partial charge in [-0.1, -0.05) is 37.4 Å². The molecular weight excluding hydrogens is 322 g/mol. The lowest BCUT2D eigenvalue weighted by Crippen LogP contribution is -2.41. The summed E-state index contributed by atoms with van der Waals surface area (Å²) >= 11 is 5.62. The van der Waals surface area contributed by atoms with Gasteiger partial charge < -0.3 is 11.1 Å². The number of thiocarbonyl (C=S) groups is 1. The van der Waals surface area contributed by atoms with Crippen molar-refractivity contribution < 1.29 is 13.2 Å². The number of hydrogen-bond donors (Lipinski definition) is 3. The van der Waals surface area contributed by atoms with Crippen molar-refractivity contribution in [1.29, 1.82) is 0 Å². The first-order chi connectivity index (χ1) is 9.04. The monoisotopic (exact) mass is 337 g/mol. The molecule has 0 aromatic carbocycles. The molecule has 11 heteroatoms. The Balaban J connectivity index is 2.82. The van der Waals surface area contributed by atoms with Gasteiger partial charge in [0.2, 0.25) is 15.4 Å². The summed E-state index contributed by atoms with van der Waals surface area (Å²) in [6.45, 7) is 4.78. The van der Waals surface area contributed by atoms with E-state index in [1.54, 1.807) is 13.8 Å². The Hall–Kier alpha value is -1.17. The molecular formula is C9H15N5O3S3. The molecule has 0 aliphatic rings. The van der Waals surface area contributed by atoms with E-state index in [1.165, 1.54) is 6.92 Å². The number of carbonyl (C=O) groups excluding carboxylic acids is 1. The molecule has 0 saturated carbocycles. The summed E-state index contributed by atoms with van der Waals surface area (Å²) < 4.78 is 26.1. The molecule has 1 aromatic rings. The number of nitrogens with one attached hydrogen (secondary N) is 2. The maximum atomic E-state index is 12.0. The Kier molecular flexibility index (Phi) is 5.13. The molecule has 1 heterocycles. The predicted octanol–water partition coefficient (Wildman–Crippen LogP) is 0.0871. The normalized spacial score (nSPS) is 12.2. The van der Waals surface area contributed by atoms with Crippen molar-refractivity contribution in [2.45, 2.75) is 25.1 Å². The maximum absolute atomic E-state index is 12.0. The van der Waals surface area contributed by atoms with E-state index in [9.17, 15) is 13.2 Å². The zero-order valence-electron chi connectivity index (χ0n) is 11.1. The number of aromatic nitrogens is 2. The van der Waals surface area contributed by atoms with Crippen molar-refractivity contribution in [2.75, 3.05) is 11.9 Å². The SMILES string of the molecule is CC(=O)Nc1nnc(S(=O)(=O)NCC(C)(C)C(N)=S)s1. The van der Waals surface area contributed by atoms with E-state index in [0.717, 1.165) is 11.3 Å². The molecule has 0 atom stereocenters. The predicted molar refractivity (Wildman–Crippen MR) is 80.0 cm³/mol. The van der Waals surface area contributed by atoms with Crippen LogP contribution in [0.15, 0.2) is 4.34 Å². The van der Waals surface area contributed by atoms with Crippen LogP contribution in [0.1, 0.15) is 20.8 Å². The molecule has 1 rings (SSSR count). The van der Waals surface area contributed by atoms with Crippen LogP contribution >= 0.6 is 23.6 Å². The zero-order chi connectivity index (χ0) is 15.6. The Bertz CT molecular complexity index is 623. The average Bonchev–Trinajstić information content (AvgIpc) is 2.75. The fourth-order valence-electron chi connectivity index (χ4n) is 0.944. The number of nitrogens with two attached hydrogens (primary N) is 1. The molecule has 0 aliphatic heterocycles. The van der Waals surface area contributed by atoms with Crippen molar-refractivity contribution in [3.8, 4) is 0 Å². The van der Waals surface area contributed by atoms with Crippen LogP contribution in [0.3, 0.4) is 0 Å². The highest BCUT2D eigenvalue weighted by atomic mass is 32.2. The van der Waals surface area contributed by atoms with Gasteiger partial charge >= 0.3 is 0 Å². The summed E-state index contributed by atoms with van der Waals surface area (Å²) in [6.07, 6.45) is 0. The fourth-order valence-corrected chi connectivity index (χ4v) is 3.21. The van der Waals surface area contributed by atoms with E-state index < -0.39 is 15.4 Å². The van der Waals surface area contributed by atoms with Gasteiger partial charge in [0.1, 0.15) is 0 Å². The van der Waals surface area contributed by atoms with Crippen molar-refractivity contribution >= 4 is 49.6 Å². The lowest BCUT2D eigenvalue weighted by atomic mass is 9.94. The van der Waals surface area contributed by atoms with Crippen LogP contribution in [-0.2, 0) is 14.8 Å². The van der Waals surface area contributed by atoms with Gasteiger partial charge in [-0.15, -0.1) is 10.2 Å². The number of carbonyl (C=O) groups is 1. The minimum absolute atomic E-state index is 0.0414. The van der Waals surface area contributed by atoms with Gasteiger partial charge in [-0.05, 0) is 0 Å². The van der Waals surface area contributed by atoms with Gasteiger partial charge in [0, 0.05) is 18.9 Å². The molecule has 1 amide bonds. The van der Waals surface area contributed by atoms with Crippen LogP contribution in [0.4, 0.5) is 5.13 Å². The quantitative estimate of drug-likeness (QED) is 0.496. The van der Waals surface area contributed by atoms with Gasteiger partial charge in [0.05, 0.1) is 4.99 Å². The second kappa shape index (κ2) is 6.08. The third-order valence-corrected chi connectivity index (χ3v) is 5.45. The first-order valence-electron chi connectivity index (χ1n) is 5.45. The van der Waals surface area contributed by atoms with E-state index in [0.29, 0.717) is 0 Å². The maximum Gasteiger partial charge on any atom is 0.269 e. The smallest absolute Gasteiger partial charge is 0.269 e. The van der Waals surface area contributed by atoms with Crippen molar-refractivity contribution in [1.82, 2.24) is 14.9 Å². The van der Waals surface area contributed by atoms with Crippen LogP contribution in [0.2, 0.25) is 0 Å².